The Balaban J connectivity index is 2.47. The van der Waals surface area contributed by atoms with Crippen LogP contribution >= 0.6 is 0 Å². The molecule has 0 aliphatic heterocycles. The minimum atomic E-state index is -0.892. The minimum absolute atomic E-state index is 0.0334. The highest BCUT2D eigenvalue weighted by atomic mass is 16.4. The highest BCUT2D eigenvalue weighted by molar-refractivity contribution is 5.80. The Labute approximate surface area is 102 Å². The summed E-state index contributed by atoms with van der Waals surface area (Å²) >= 11 is 0. The second-order valence-electron chi connectivity index (χ2n) is 4.89. The van der Waals surface area contributed by atoms with Crippen molar-refractivity contribution in [3.8, 4) is 0 Å². The second kappa shape index (κ2) is 6.59. The van der Waals surface area contributed by atoms with Crippen LogP contribution in [0, 0.1) is 11.8 Å². The summed E-state index contributed by atoms with van der Waals surface area (Å²) in [6.45, 7) is 2.25. The van der Waals surface area contributed by atoms with E-state index >= 15 is 0 Å². The van der Waals surface area contributed by atoms with Gasteiger partial charge in [0.2, 0.25) is 5.91 Å². The van der Waals surface area contributed by atoms with Crippen molar-refractivity contribution in [2.45, 2.75) is 45.1 Å². The van der Waals surface area contributed by atoms with Gasteiger partial charge in [0.05, 0.1) is 6.42 Å². The number of carbonyl (C=O) groups is 2. The van der Waals surface area contributed by atoms with Crippen molar-refractivity contribution in [2.75, 3.05) is 6.54 Å². The van der Waals surface area contributed by atoms with Crippen LogP contribution in [0.3, 0.4) is 0 Å². The van der Waals surface area contributed by atoms with Gasteiger partial charge in [-0.1, -0.05) is 12.8 Å². The van der Waals surface area contributed by atoms with E-state index in [1.54, 1.807) is 6.92 Å². The molecule has 3 unspecified atom stereocenters. The van der Waals surface area contributed by atoms with Gasteiger partial charge in [-0.25, -0.2) is 0 Å². The first-order valence-electron chi connectivity index (χ1n) is 6.26. The summed E-state index contributed by atoms with van der Waals surface area (Å²) in [5.41, 5.74) is 5.67. The van der Waals surface area contributed by atoms with Crippen LogP contribution in [0.5, 0.6) is 0 Å². The van der Waals surface area contributed by atoms with E-state index in [2.05, 4.69) is 5.32 Å². The third-order valence-electron chi connectivity index (χ3n) is 3.42. The predicted octanol–water partition coefficient (Wildman–Crippen LogP) is 0.731. The maximum atomic E-state index is 12.0. The van der Waals surface area contributed by atoms with E-state index in [0.29, 0.717) is 6.54 Å². The molecule has 1 aliphatic carbocycles. The van der Waals surface area contributed by atoms with Gasteiger partial charge in [-0.2, -0.15) is 0 Å². The summed E-state index contributed by atoms with van der Waals surface area (Å²) in [6, 6.07) is -0.319. The summed E-state index contributed by atoms with van der Waals surface area (Å²) in [6.07, 6.45) is 4.03. The lowest BCUT2D eigenvalue weighted by Gasteiger charge is -2.30. The quantitative estimate of drug-likeness (QED) is 0.662. The fourth-order valence-electron chi connectivity index (χ4n) is 2.50. The monoisotopic (exact) mass is 242 g/mol. The number of carboxylic acids is 1. The molecule has 0 heterocycles. The first-order chi connectivity index (χ1) is 8.04. The fourth-order valence-corrected chi connectivity index (χ4v) is 2.50. The molecule has 0 aromatic rings. The molecule has 0 saturated heterocycles. The van der Waals surface area contributed by atoms with E-state index in [1.165, 1.54) is 0 Å². The van der Waals surface area contributed by atoms with Gasteiger partial charge < -0.3 is 16.2 Å². The Morgan fingerprint density at radius 3 is 2.65 bits per heavy atom. The summed E-state index contributed by atoms with van der Waals surface area (Å²) in [5.74, 6) is -0.712. The molecule has 5 nitrogen and oxygen atoms in total. The van der Waals surface area contributed by atoms with Crippen LogP contribution in [0.4, 0.5) is 0 Å². The number of rotatable bonds is 5. The Kier molecular flexibility index (Phi) is 5.41. The van der Waals surface area contributed by atoms with Gasteiger partial charge in [0.1, 0.15) is 0 Å². The molecule has 0 aromatic heterocycles. The zero-order valence-electron chi connectivity index (χ0n) is 10.3. The number of carbonyl (C=O) groups excluding carboxylic acids is 1. The number of hydrogen-bond donors (Lipinski definition) is 3. The molecule has 17 heavy (non-hydrogen) atoms. The highest BCUT2D eigenvalue weighted by Crippen LogP contribution is 2.29. The Hall–Kier alpha value is -1.10. The zero-order chi connectivity index (χ0) is 12.8. The third-order valence-corrected chi connectivity index (χ3v) is 3.42. The molecule has 0 radical (unpaired) electrons. The average molecular weight is 242 g/mol. The van der Waals surface area contributed by atoms with Gasteiger partial charge in [0, 0.05) is 12.0 Å². The third kappa shape index (κ3) is 4.34. The van der Waals surface area contributed by atoms with Crippen LogP contribution in [0.1, 0.15) is 39.0 Å². The molecular formula is C12H22N2O3. The van der Waals surface area contributed by atoms with E-state index in [1.807, 2.05) is 0 Å². The largest absolute Gasteiger partial charge is 0.481 e. The molecule has 98 valence electrons. The van der Waals surface area contributed by atoms with Crippen molar-refractivity contribution >= 4 is 11.9 Å². The molecule has 0 aromatic carbocycles. The summed E-state index contributed by atoms with van der Waals surface area (Å²) in [4.78, 5) is 22.5. The molecule has 1 fully saturated rings. The van der Waals surface area contributed by atoms with Crippen molar-refractivity contribution in [1.82, 2.24) is 5.32 Å². The van der Waals surface area contributed by atoms with Gasteiger partial charge in [-0.05, 0) is 32.2 Å². The Bertz CT molecular complexity index is 281. The lowest BCUT2D eigenvalue weighted by molar-refractivity contribution is -0.137. The summed E-state index contributed by atoms with van der Waals surface area (Å²) in [5, 5.41) is 11.4. The average Bonchev–Trinajstić information content (AvgIpc) is 2.27. The number of hydrogen-bond acceptors (Lipinski definition) is 3. The molecule has 1 saturated carbocycles. The molecular weight excluding hydrogens is 220 g/mol. The van der Waals surface area contributed by atoms with E-state index in [-0.39, 0.29) is 30.2 Å². The smallest absolute Gasteiger partial charge is 0.305 e. The molecule has 0 spiro atoms. The normalized spacial score (nSPS) is 26.2. The van der Waals surface area contributed by atoms with Crippen LogP contribution in [0.2, 0.25) is 0 Å². The van der Waals surface area contributed by atoms with Crippen LogP contribution < -0.4 is 11.1 Å². The van der Waals surface area contributed by atoms with Crippen LogP contribution in [-0.2, 0) is 9.59 Å². The number of amides is 1. The SMILES string of the molecule is CC(CC(=O)O)NC(=O)C1CCCCC1CN. The van der Waals surface area contributed by atoms with Crippen molar-refractivity contribution in [2.24, 2.45) is 17.6 Å². The first-order valence-corrected chi connectivity index (χ1v) is 6.26. The first kappa shape index (κ1) is 14.0. The lowest BCUT2D eigenvalue weighted by atomic mass is 9.78. The van der Waals surface area contributed by atoms with Gasteiger partial charge >= 0.3 is 5.97 Å². The molecule has 0 bridgehead atoms. The summed E-state index contributed by atoms with van der Waals surface area (Å²) in [7, 11) is 0. The minimum Gasteiger partial charge on any atom is -0.481 e. The van der Waals surface area contributed by atoms with Gasteiger partial charge in [-0.15, -0.1) is 0 Å². The molecule has 3 atom stereocenters. The van der Waals surface area contributed by atoms with Gasteiger partial charge in [0.15, 0.2) is 0 Å². The molecule has 5 heteroatoms. The van der Waals surface area contributed by atoms with Crippen LogP contribution in [0.25, 0.3) is 0 Å². The van der Waals surface area contributed by atoms with E-state index in [4.69, 9.17) is 10.8 Å². The Morgan fingerprint density at radius 1 is 1.41 bits per heavy atom. The van der Waals surface area contributed by atoms with Gasteiger partial charge in [0.25, 0.3) is 0 Å². The maximum absolute atomic E-state index is 12.0. The van der Waals surface area contributed by atoms with Crippen LogP contribution in [0.15, 0.2) is 0 Å². The zero-order valence-corrected chi connectivity index (χ0v) is 10.3. The number of carboxylic acid groups (broad SMARTS) is 1. The molecule has 1 amide bonds. The topological polar surface area (TPSA) is 92.4 Å². The standard InChI is InChI=1S/C12H22N2O3/c1-8(6-11(15)16)14-12(17)10-5-3-2-4-9(10)7-13/h8-10H,2-7,13H2,1H3,(H,14,17)(H,15,16). The molecule has 4 N–H and O–H groups in total. The highest BCUT2D eigenvalue weighted by Gasteiger charge is 2.30. The second-order valence-corrected chi connectivity index (χ2v) is 4.89. The van der Waals surface area contributed by atoms with E-state index in [0.717, 1.165) is 25.7 Å². The Morgan fingerprint density at radius 2 is 2.06 bits per heavy atom. The maximum Gasteiger partial charge on any atom is 0.305 e. The van der Waals surface area contributed by atoms with E-state index in [9.17, 15) is 9.59 Å². The summed E-state index contributed by atoms with van der Waals surface area (Å²) < 4.78 is 0. The fraction of sp³-hybridized carbons (Fsp3) is 0.833. The van der Waals surface area contributed by atoms with Crippen LogP contribution in [-0.4, -0.2) is 29.6 Å². The molecule has 1 rings (SSSR count). The van der Waals surface area contributed by atoms with Crippen molar-refractivity contribution in [3.63, 3.8) is 0 Å². The predicted molar refractivity (Wildman–Crippen MR) is 64.4 cm³/mol. The van der Waals surface area contributed by atoms with Crippen molar-refractivity contribution in [1.29, 1.82) is 0 Å². The van der Waals surface area contributed by atoms with Gasteiger partial charge in [-0.3, -0.25) is 9.59 Å². The molecule has 1 aliphatic rings. The number of nitrogens with one attached hydrogen (secondary N) is 1. The number of nitrogens with two attached hydrogens (primary N) is 1. The lowest BCUT2D eigenvalue weighted by Crippen LogP contribution is -2.43. The van der Waals surface area contributed by atoms with Crippen molar-refractivity contribution < 1.29 is 14.7 Å². The van der Waals surface area contributed by atoms with E-state index < -0.39 is 5.97 Å². The number of aliphatic carboxylic acids is 1. The van der Waals surface area contributed by atoms with Crippen molar-refractivity contribution in [3.05, 3.63) is 0 Å².